The largest absolute Gasteiger partial charge is 0.491 e. The molecule has 0 aromatic heterocycles. The van der Waals surface area contributed by atoms with Crippen LogP contribution in [-0.2, 0) is 0 Å². The number of hydrogen-bond acceptors (Lipinski definition) is 3. The number of hydrogen-bond donors (Lipinski definition) is 1. The van der Waals surface area contributed by atoms with Crippen LogP contribution in [0.2, 0.25) is 0 Å². The van der Waals surface area contributed by atoms with Gasteiger partial charge in [-0.1, -0.05) is 0 Å². The van der Waals surface area contributed by atoms with E-state index >= 15 is 0 Å². The van der Waals surface area contributed by atoms with E-state index in [2.05, 4.69) is 55.4 Å². The fourth-order valence-electron chi connectivity index (χ4n) is 1.02. The highest BCUT2D eigenvalue weighted by atomic mass is 127. The zero-order valence-corrected chi connectivity index (χ0v) is 12.4. The molecule has 1 rings (SSSR count). The van der Waals surface area contributed by atoms with Gasteiger partial charge in [-0.25, -0.2) is 0 Å². The molecule has 0 spiro atoms. The number of rotatable bonds is 4. The lowest BCUT2D eigenvalue weighted by Gasteiger charge is -2.32. The highest BCUT2D eigenvalue weighted by Crippen LogP contribution is 2.24. The van der Waals surface area contributed by atoms with Crippen molar-refractivity contribution >= 4 is 28.3 Å². The molecule has 1 aromatic carbocycles. The third-order valence-corrected chi connectivity index (χ3v) is 3.59. The standard InChI is InChI=1S/C12H19IN2O/c1-12(2,15(3)4)8-16-11-6-5-9(14)7-10(11)13/h5-7H,8,14H2,1-4H3. The summed E-state index contributed by atoms with van der Waals surface area (Å²) in [7, 11) is 4.11. The molecule has 2 N–H and O–H groups in total. The molecule has 0 radical (unpaired) electrons. The quantitative estimate of drug-likeness (QED) is 0.680. The molecule has 3 nitrogen and oxygen atoms in total. The fraction of sp³-hybridized carbons (Fsp3) is 0.500. The van der Waals surface area contributed by atoms with E-state index in [0.717, 1.165) is 15.0 Å². The Morgan fingerprint density at radius 2 is 2.00 bits per heavy atom. The highest BCUT2D eigenvalue weighted by Gasteiger charge is 2.21. The zero-order valence-electron chi connectivity index (χ0n) is 10.2. The average molecular weight is 334 g/mol. The Kier molecular flexibility index (Phi) is 4.43. The van der Waals surface area contributed by atoms with Crippen LogP contribution in [0, 0.1) is 3.57 Å². The lowest BCUT2D eigenvalue weighted by Crippen LogP contribution is -2.43. The van der Waals surface area contributed by atoms with Crippen LogP contribution in [0.1, 0.15) is 13.8 Å². The van der Waals surface area contributed by atoms with Crippen LogP contribution in [0.25, 0.3) is 0 Å². The Hall–Kier alpha value is -0.490. The van der Waals surface area contributed by atoms with Crippen molar-refractivity contribution in [2.24, 2.45) is 0 Å². The molecule has 4 heteroatoms. The highest BCUT2D eigenvalue weighted by molar-refractivity contribution is 14.1. The molecular formula is C12H19IN2O. The predicted octanol–water partition coefficient (Wildman–Crippen LogP) is 2.59. The second kappa shape index (κ2) is 5.23. The maximum atomic E-state index is 5.81. The molecule has 0 aliphatic rings. The summed E-state index contributed by atoms with van der Waals surface area (Å²) in [5.74, 6) is 0.893. The smallest absolute Gasteiger partial charge is 0.132 e. The normalized spacial score (nSPS) is 11.9. The molecule has 0 saturated carbocycles. The van der Waals surface area contributed by atoms with Crippen LogP contribution in [-0.4, -0.2) is 31.1 Å². The number of nitrogen functional groups attached to an aromatic ring is 1. The van der Waals surface area contributed by atoms with Crippen molar-refractivity contribution in [2.75, 3.05) is 26.4 Å². The van der Waals surface area contributed by atoms with E-state index in [9.17, 15) is 0 Å². The van der Waals surface area contributed by atoms with Gasteiger partial charge >= 0.3 is 0 Å². The number of anilines is 1. The summed E-state index contributed by atoms with van der Waals surface area (Å²) in [5, 5.41) is 0. The maximum Gasteiger partial charge on any atom is 0.132 e. The number of likely N-dealkylation sites (N-methyl/N-ethyl adjacent to an activating group) is 1. The number of nitrogens with two attached hydrogens (primary N) is 1. The van der Waals surface area contributed by atoms with Gasteiger partial charge in [-0.3, -0.25) is 0 Å². The Bertz CT molecular complexity index is 364. The molecule has 0 amide bonds. The Balaban J connectivity index is 2.68. The van der Waals surface area contributed by atoms with Gasteiger partial charge in [0, 0.05) is 11.2 Å². The van der Waals surface area contributed by atoms with Crippen LogP contribution in [0.15, 0.2) is 18.2 Å². The summed E-state index contributed by atoms with van der Waals surface area (Å²) < 4.78 is 6.86. The second-order valence-corrected chi connectivity index (χ2v) is 5.85. The van der Waals surface area contributed by atoms with Gasteiger partial charge in [0.15, 0.2) is 0 Å². The topological polar surface area (TPSA) is 38.5 Å². The van der Waals surface area contributed by atoms with Crippen LogP contribution < -0.4 is 10.5 Å². The first kappa shape index (κ1) is 13.6. The van der Waals surface area contributed by atoms with Crippen molar-refractivity contribution in [3.63, 3.8) is 0 Å². The summed E-state index contributed by atoms with van der Waals surface area (Å²) >= 11 is 2.24. The van der Waals surface area contributed by atoms with E-state index in [-0.39, 0.29) is 5.54 Å². The molecule has 0 unspecified atom stereocenters. The monoisotopic (exact) mass is 334 g/mol. The van der Waals surface area contributed by atoms with Crippen LogP contribution >= 0.6 is 22.6 Å². The van der Waals surface area contributed by atoms with Crippen molar-refractivity contribution in [1.82, 2.24) is 4.90 Å². The summed E-state index contributed by atoms with van der Waals surface area (Å²) in [4.78, 5) is 2.15. The van der Waals surface area contributed by atoms with Crippen molar-refractivity contribution in [3.05, 3.63) is 21.8 Å². The van der Waals surface area contributed by atoms with Crippen molar-refractivity contribution < 1.29 is 4.74 Å². The summed E-state index contributed by atoms with van der Waals surface area (Å²) in [6.07, 6.45) is 0. The lowest BCUT2D eigenvalue weighted by atomic mass is 10.1. The minimum absolute atomic E-state index is 0.0183. The van der Waals surface area contributed by atoms with E-state index in [1.54, 1.807) is 0 Å². The lowest BCUT2D eigenvalue weighted by molar-refractivity contribution is 0.113. The zero-order chi connectivity index (χ0) is 12.3. The van der Waals surface area contributed by atoms with E-state index < -0.39 is 0 Å². The summed E-state index contributed by atoms with van der Waals surface area (Å²) in [6, 6.07) is 5.70. The van der Waals surface area contributed by atoms with Gasteiger partial charge in [-0.15, -0.1) is 0 Å². The number of ether oxygens (including phenoxy) is 1. The van der Waals surface area contributed by atoms with E-state index in [1.165, 1.54) is 0 Å². The van der Waals surface area contributed by atoms with Crippen molar-refractivity contribution in [1.29, 1.82) is 0 Å². The fourth-order valence-corrected chi connectivity index (χ4v) is 1.71. The third-order valence-electron chi connectivity index (χ3n) is 2.75. The molecule has 0 saturated heterocycles. The molecule has 0 atom stereocenters. The van der Waals surface area contributed by atoms with Crippen LogP contribution in [0.4, 0.5) is 5.69 Å². The summed E-state index contributed by atoms with van der Waals surface area (Å²) in [5.41, 5.74) is 6.47. The molecule has 1 aromatic rings. The van der Waals surface area contributed by atoms with Gasteiger partial charge in [-0.2, -0.15) is 0 Å². The maximum absolute atomic E-state index is 5.81. The Morgan fingerprint density at radius 3 is 2.50 bits per heavy atom. The first-order valence-electron chi connectivity index (χ1n) is 5.18. The molecule has 0 heterocycles. The van der Waals surface area contributed by atoms with E-state index in [1.807, 2.05) is 18.2 Å². The molecular weight excluding hydrogens is 315 g/mol. The molecule has 0 bridgehead atoms. The van der Waals surface area contributed by atoms with Gasteiger partial charge in [-0.05, 0) is 68.7 Å². The second-order valence-electron chi connectivity index (χ2n) is 4.69. The van der Waals surface area contributed by atoms with Gasteiger partial charge in [0.1, 0.15) is 12.4 Å². The molecule has 0 aliphatic heterocycles. The summed E-state index contributed by atoms with van der Waals surface area (Å²) in [6.45, 7) is 4.95. The Morgan fingerprint density at radius 1 is 1.38 bits per heavy atom. The van der Waals surface area contributed by atoms with Crippen LogP contribution in [0.3, 0.4) is 0 Å². The average Bonchev–Trinajstić information content (AvgIpc) is 2.16. The SMILES string of the molecule is CN(C)C(C)(C)COc1ccc(N)cc1I. The molecule has 0 fully saturated rings. The third kappa shape index (κ3) is 3.52. The van der Waals surface area contributed by atoms with Crippen LogP contribution in [0.5, 0.6) is 5.75 Å². The van der Waals surface area contributed by atoms with Crippen molar-refractivity contribution in [3.8, 4) is 5.75 Å². The Labute approximate surface area is 111 Å². The van der Waals surface area contributed by atoms with Crippen molar-refractivity contribution in [2.45, 2.75) is 19.4 Å². The van der Waals surface area contributed by atoms with E-state index in [0.29, 0.717) is 6.61 Å². The molecule has 0 aliphatic carbocycles. The van der Waals surface area contributed by atoms with Gasteiger partial charge in [0.25, 0.3) is 0 Å². The minimum Gasteiger partial charge on any atom is -0.491 e. The first-order chi connectivity index (χ1) is 7.33. The van der Waals surface area contributed by atoms with Gasteiger partial charge < -0.3 is 15.4 Å². The molecule has 90 valence electrons. The predicted molar refractivity (Wildman–Crippen MR) is 76.8 cm³/mol. The van der Waals surface area contributed by atoms with Gasteiger partial charge in [0.2, 0.25) is 0 Å². The first-order valence-corrected chi connectivity index (χ1v) is 6.26. The number of benzene rings is 1. The molecule has 16 heavy (non-hydrogen) atoms. The minimum atomic E-state index is 0.0183. The van der Waals surface area contributed by atoms with Gasteiger partial charge in [0.05, 0.1) is 3.57 Å². The number of halogens is 1. The number of nitrogens with zero attached hydrogens (tertiary/aromatic N) is 1. The van der Waals surface area contributed by atoms with E-state index in [4.69, 9.17) is 10.5 Å².